The van der Waals surface area contributed by atoms with Gasteiger partial charge in [-0.2, -0.15) is 0 Å². The molecule has 2 heterocycles. The summed E-state index contributed by atoms with van der Waals surface area (Å²) in [5.74, 6) is 0. The van der Waals surface area contributed by atoms with Crippen LogP contribution in [-0.2, 0) is 0 Å². The van der Waals surface area contributed by atoms with Gasteiger partial charge in [0.15, 0.2) is 0 Å². The van der Waals surface area contributed by atoms with Crippen molar-refractivity contribution in [1.29, 1.82) is 0 Å². The topological polar surface area (TPSA) is 29.5 Å². The molecule has 10 aromatic carbocycles. The standard InChI is InChI=1S/C56H35NO2/c1-3-19-44-37(12-1)14-9-22-45(44)40-16-7-15-39(34-40)36-28-31-42(32-29-36)57(50-24-11-27-53-55(50)49-33-30-38-13-2-4-20-47(38)56(49)59-53)43-18-8-17-41(35-43)46-23-10-26-52-54(46)48-21-5-6-25-51(48)58-52/h1-35H. The smallest absolute Gasteiger partial charge is 0.143 e. The first kappa shape index (κ1) is 33.3. The summed E-state index contributed by atoms with van der Waals surface area (Å²) in [6, 6.07) is 75.7. The van der Waals surface area contributed by atoms with Gasteiger partial charge in [-0.05, 0) is 110 Å². The second kappa shape index (κ2) is 13.4. The van der Waals surface area contributed by atoms with Crippen molar-refractivity contribution >= 4 is 82.5 Å². The van der Waals surface area contributed by atoms with Crippen LogP contribution < -0.4 is 4.90 Å². The van der Waals surface area contributed by atoms with Gasteiger partial charge >= 0.3 is 0 Å². The zero-order valence-corrected chi connectivity index (χ0v) is 32.0. The first-order valence-corrected chi connectivity index (χ1v) is 20.1. The van der Waals surface area contributed by atoms with Crippen molar-refractivity contribution in [3.63, 3.8) is 0 Å². The predicted octanol–water partition coefficient (Wildman–Crippen LogP) is 16.3. The van der Waals surface area contributed by atoms with Gasteiger partial charge in [-0.1, -0.05) is 152 Å². The molecule has 0 fully saturated rings. The third-order valence-corrected chi connectivity index (χ3v) is 11.8. The molecule has 276 valence electrons. The minimum atomic E-state index is 0.853. The number of nitrogens with zero attached hydrogens (tertiary/aromatic N) is 1. The molecule has 0 spiro atoms. The van der Waals surface area contributed by atoms with Crippen LogP contribution in [0.15, 0.2) is 221 Å². The average molecular weight is 754 g/mol. The summed E-state index contributed by atoms with van der Waals surface area (Å²) in [7, 11) is 0. The van der Waals surface area contributed by atoms with Gasteiger partial charge in [0.05, 0.1) is 11.1 Å². The lowest BCUT2D eigenvalue weighted by molar-refractivity contribution is 0.669. The van der Waals surface area contributed by atoms with Gasteiger partial charge in [-0.15, -0.1) is 0 Å². The van der Waals surface area contributed by atoms with E-state index in [1.165, 1.54) is 27.5 Å². The van der Waals surface area contributed by atoms with Crippen molar-refractivity contribution in [3.05, 3.63) is 212 Å². The van der Waals surface area contributed by atoms with E-state index in [0.29, 0.717) is 0 Å². The summed E-state index contributed by atoms with van der Waals surface area (Å²) >= 11 is 0. The lowest BCUT2D eigenvalue weighted by Crippen LogP contribution is -2.10. The van der Waals surface area contributed by atoms with Crippen LogP contribution in [0.2, 0.25) is 0 Å². The Morgan fingerprint density at radius 1 is 0.305 bits per heavy atom. The van der Waals surface area contributed by atoms with Crippen LogP contribution in [0.5, 0.6) is 0 Å². The highest BCUT2D eigenvalue weighted by Crippen LogP contribution is 2.46. The van der Waals surface area contributed by atoms with E-state index in [-0.39, 0.29) is 0 Å². The lowest BCUT2D eigenvalue weighted by Gasteiger charge is -2.27. The van der Waals surface area contributed by atoms with Gasteiger partial charge in [0.1, 0.15) is 22.3 Å². The van der Waals surface area contributed by atoms with Crippen molar-refractivity contribution in [3.8, 4) is 33.4 Å². The number of furan rings is 2. The highest BCUT2D eigenvalue weighted by atomic mass is 16.3. The van der Waals surface area contributed by atoms with Gasteiger partial charge in [-0.3, -0.25) is 0 Å². The first-order valence-electron chi connectivity index (χ1n) is 20.1. The maximum absolute atomic E-state index is 6.72. The van der Waals surface area contributed by atoms with E-state index in [1.54, 1.807) is 0 Å². The van der Waals surface area contributed by atoms with Crippen LogP contribution in [0, 0.1) is 0 Å². The number of hydrogen-bond donors (Lipinski definition) is 0. The molecule has 3 nitrogen and oxygen atoms in total. The Bertz CT molecular complexity index is 3570. The Balaban J connectivity index is 1.03. The van der Waals surface area contributed by atoms with Crippen molar-refractivity contribution < 1.29 is 8.83 Å². The van der Waals surface area contributed by atoms with Crippen LogP contribution in [0.1, 0.15) is 0 Å². The van der Waals surface area contributed by atoms with E-state index in [1.807, 2.05) is 12.1 Å². The molecule has 0 radical (unpaired) electrons. The molecule has 12 rings (SSSR count). The summed E-state index contributed by atoms with van der Waals surface area (Å²) in [5, 5.41) is 9.17. The Kier molecular flexibility index (Phi) is 7.54. The van der Waals surface area contributed by atoms with Crippen molar-refractivity contribution in [1.82, 2.24) is 0 Å². The Morgan fingerprint density at radius 3 is 1.78 bits per heavy atom. The Hall–Kier alpha value is -7.88. The summed E-state index contributed by atoms with van der Waals surface area (Å²) in [4.78, 5) is 2.37. The lowest BCUT2D eigenvalue weighted by atomic mass is 9.95. The number of rotatable bonds is 6. The average Bonchev–Trinajstić information content (AvgIpc) is 3.89. The van der Waals surface area contributed by atoms with Gasteiger partial charge in [0.2, 0.25) is 0 Å². The molecule has 0 N–H and O–H groups in total. The number of hydrogen-bond acceptors (Lipinski definition) is 3. The maximum Gasteiger partial charge on any atom is 0.143 e. The molecule has 3 heteroatoms. The summed E-state index contributed by atoms with van der Waals surface area (Å²) in [6.07, 6.45) is 0. The summed E-state index contributed by atoms with van der Waals surface area (Å²) in [5.41, 5.74) is 13.7. The van der Waals surface area contributed by atoms with E-state index in [2.05, 4.69) is 205 Å². The molecular weight excluding hydrogens is 719 g/mol. The first-order chi connectivity index (χ1) is 29.2. The number of para-hydroxylation sites is 1. The van der Waals surface area contributed by atoms with E-state index in [4.69, 9.17) is 8.83 Å². The number of fused-ring (bicyclic) bond motifs is 9. The predicted molar refractivity (Wildman–Crippen MR) is 247 cm³/mol. The normalized spacial score (nSPS) is 11.7. The fraction of sp³-hybridized carbons (Fsp3) is 0. The highest BCUT2D eigenvalue weighted by molar-refractivity contribution is 6.20. The van der Waals surface area contributed by atoms with E-state index in [9.17, 15) is 0 Å². The van der Waals surface area contributed by atoms with Gasteiger partial charge < -0.3 is 13.7 Å². The van der Waals surface area contributed by atoms with Crippen molar-refractivity contribution in [2.75, 3.05) is 4.90 Å². The number of benzene rings is 10. The van der Waals surface area contributed by atoms with Crippen molar-refractivity contribution in [2.24, 2.45) is 0 Å². The Morgan fingerprint density at radius 2 is 0.915 bits per heavy atom. The molecule has 0 saturated heterocycles. The van der Waals surface area contributed by atoms with Crippen LogP contribution in [-0.4, -0.2) is 0 Å². The molecular formula is C56H35NO2. The van der Waals surface area contributed by atoms with E-state index in [0.717, 1.165) is 88.4 Å². The molecule has 59 heavy (non-hydrogen) atoms. The Labute approximate surface area is 340 Å². The zero-order valence-electron chi connectivity index (χ0n) is 32.0. The van der Waals surface area contributed by atoms with Crippen molar-refractivity contribution in [2.45, 2.75) is 0 Å². The zero-order chi connectivity index (χ0) is 38.9. The summed E-state index contributed by atoms with van der Waals surface area (Å²) in [6.45, 7) is 0. The molecule has 0 bridgehead atoms. The van der Waals surface area contributed by atoms with E-state index < -0.39 is 0 Å². The summed E-state index contributed by atoms with van der Waals surface area (Å²) < 4.78 is 13.0. The van der Waals surface area contributed by atoms with Crippen LogP contribution in [0.4, 0.5) is 17.1 Å². The number of anilines is 3. The fourth-order valence-corrected chi connectivity index (χ4v) is 9.12. The third kappa shape index (κ3) is 5.44. The quantitative estimate of drug-likeness (QED) is 0.169. The maximum atomic E-state index is 6.72. The molecule has 0 aliphatic carbocycles. The third-order valence-electron chi connectivity index (χ3n) is 11.8. The van der Waals surface area contributed by atoms with Crippen LogP contribution >= 0.6 is 0 Å². The highest BCUT2D eigenvalue weighted by Gasteiger charge is 2.22. The monoisotopic (exact) mass is 753 g/mol. The minimum absolute atomic E-state index is 0.853. The van der Waals surface area contributed by atoms with Crippen LogP contribution in [0.3, 0.4) is 0 Å². The molecule has 0 aliphatic heterocycles. The molecule has 2 aromatic heterocycles. The van der Waals surface area contributed by atoms with Gasteiger partial charge in [-0.25, -0.2) is 0 Å². The molecule has 0 saturated carbocycles. The second-order valence-electron chi connectivity index (χ2n) is 15.2. The van der Waals surface area contributed by atoms with E-state index >= 15 is 0 Å². The fourth-order valence-electron chi connectivity index (χ4n) is 9.12. The molecule has 0 aliphatic rings. The van der Waals surface area contributed by atoms with Crippen LogP contribution in [0.25, 0.3) is 98.8 Å². The van der Waals surface area contributed by atoms with Gasteiger partial charge in [0, 0.05) is 32.9 Å². The molecule has 0 amide bonds. The largest absolute Gasteiger partial charge is 0.456 e. The minimum Gasteiger partial charge on any atom is -0.456 e. The SMILES string of the molecule is c1cc(-c2ccc(N(c3cccc(-c4cccc5oc6ccccc6c45)c3)c3cccc4oc5c6ccccc6ccc5c34)cc2)cc(-c2cccc3ccccc23)c1. The molecule has 0 unspecified atom stereocenters. The second-order valence-corrected chi connectivity index (χ2v) is 15.2. The van der Waals surface area contributed by atoms with Gasteiger partial charge in [0.25, 0.3) is 0 Å². The molecule has 12 aromatic rings. The molecule has 0 atom stereocenters.